The number of benzene rings is 1. The lowest BCUT2D eigenvalue weighted by atomic mass is 10.2. The lowest BCUT2D eigenvalue weighted by Crippen LogP contribution is -2.00. The molecule has 19 heavy (non-hydrogen) atoms. The van der Waals surface area contributed by atoms with Crippen molar-refractivity contribution >= 4 is 6.29 Å². The largest absolute Gasteiger partial charge is 0.303 e. The number of hydrogen-bond donors (Lipinski definition) is 0. The van der Waals surface area contributed by atoms with Crippen molar-refractivity contribution in [3.63, 3.8) is 0 Å². The monoisotopic (exact) mass is 261 g/mol. The minimum Gasteiger partial charge on any atom is -0.303 e. The average Bonchev–Trinajstić information content (AvgIpc) is 2.85. The predicted molar refractivity (Wildman–Crippen MR) is 69.1 cm³/mol. The van der Waals surface area contributed by atoms with E-state index in [9.17, 15) is 9.18 Å². The summed E-state index contributed by atoms with van der Waals surface area (Å²) >= 11 is 0. The van der Waals surface area contributed by atoms with E-state index in [1.165, 1.54) is 12.1 Å². The van der Waals surface area contributed by atoms with E-state index >= 15 is 0 Å². The van der Waals surface area contributed by atoms with Gasteiger partial charge in [-0.05, 0) is 37.0 Å². The molecule has 0 saturated heterocycles. The Morgan fingerprint density at radius 3 is 2.74 bits per heavy atom. The first-order valence-corrected chi connectivity index (χ1v) is 6.35. The van der Waals surface area contributed by atoms with Crippen molar-refractivity contribution in [2.45, 2.75) is 32.2 Å². The van der Waals surface area contributed by atoms with Gasteiger partial charge in [0.05, 0.1) is 12.2 Å². The van der Waals surface area contributed by atoms with Crippen LogP contribution in [0.25, 0.3) is 0 Å². The molecule has 0 N–H and O–H groups in total. The van der Waals surface area contributed by atoms with Crippen LogP contribution >= 0.6 is 0 Å². The molecule has 0 unspecified atom stereocenters. The van der Waals surface area contributed by atoms with Gasteiger partial charge in [-0.15, -0.1) is 5.10 Å². The zero-order valence-electron chi connectivity index (χ0n) is 10.6. The standard InChI is InChI=1S/C14H16FN3O/c15-13-7-5-12(6-8-13)10-18-11-14(16-17-18)4-2-1-3-9-19/h5-9,11H,1-4,10H2. The second-order valence-corrected chi connectivity index (χ2v) is 4.45. The molecule has 0 bridgehead atoms. The number of unbranched alkanes of at least 4 members (excludes halogenated alkanes) is 2. The minimum absolute atomic E-state index is 0.238. The molecule has 0 aliphatic carbocycles. The Hall–Kier alpha value is -2.04. The maximum atomic E-state index is 12.8. The van der Waals surface area contributed by atoms with Gasteiger partial charge in [0, 0.05) is 12.6 Å². The van der Waals surface area contributed by atoms with Crippen LogP contribution in [-0.4, -0.2) is 21.3 Å². The zero-order valence-corrected chi connectivity index (χ0v) is 10.6. The molecule has 5 heteroatoms. The van der Waals surface area contributed by atoms with E-state index in [2.05, 4.69) is 10.3 Å². The molecule has 0 aliphatic heterocycles. The SMILES string of the molecule is O=CCCCCc1cn(Cc2ccc(F)cc2)nn1. The summed E-state index contributed by atoms with van der Waals surface area (Å²) in [7, 11) is 0. The molecular formula is C14H16FN3O. The van der Waals surface area contributed by atoms with Crippen LogP contribution in [0.5, 0.6) is 0 Å². The number of halogens is 1. The van der Waals surface area contributed by atoms with Crippen LogP contribution in [0, 0.1) is 5.82 Å². The Morgan fingerprint density at radius 1 is 1.21 bits per heavy atom. The molecule has 2 aromatic rings. The summed E-state index contributed by atoms with van der Waals surface area (Å²) in [6.07, 6.45) is 6.08. The maximum absolute atomic E-state index is 12.8. The van der Waals surface area contributed by atoms with E-state index in [1.54, 1.807) is 16.8 Å². The van der Waals surface area contributed by atoms with Gasteiger partial charge in [0.15, 0.2) is 0 Å². The minimum atomic E-state index is -0.238. The number of aldehydes is 1. The van der Waals surface area contributed by atoms with Gasteiger partial charge in [-0.2, -0.15) is 0 Å². The fourth-order valence-electron chi connectivity index (χ4n) is 1.84. The van der Waals surface area contributed by atoms with Crippen molar-refractivity contribution in [2.24, 2.45) is 0 Å². The van der Waals surface area contributed by atoms with Gasteiger partial charge in [-0.3, -0.25) is 0 Å². The highest BCUT2D eigenvalue weighted by molar-refractivity contribution is 5.48. The van der Waals surface area contributed by atoms with Crippen LogP contribution in [0.3, 0.4) is 0 Å². The summed E-state index contributed by atoms with van der Waals surface area (Å²) in [5, 5.41) is 8.11. The summed E-state index contributed by atoms with van der Waals surface area (Å²) in [5.74, 6) is -0.238. The van der Waals surface area contributed by atoms with E-state index in [-0.39, 0.29) is 5.82 Å². The van der Waals surface area contributed by atoms with Crippen LogP contribution in [0.4, 0.5) is 4.39 Å². The van der Waals surface area contributed by atoms with Crippen LogP contribution < -0.4 is 0 Å². The number of hydrogen-bond acceptors (Lipinski definition) is 3. The highest BCUT2D eigenvalue weighted by atomic mass is 19.1. The van der Waals surface area contributed by atoms with Crippen molar-refractivity contribution in [1.82, 2.24) is 15.0 Å². The molecule has 0 amide bonds. The molecule has 2 rings (SSSR count). The van der Waals surface area contributed by atoms with E-state index in [0.29, 0.717) is 13.0 Å². The Morgan fingerprint density at radius 2 is 2.00 bits per heavy atom. The topological polar surface area (TPSA) is 47.8 Å². The highest BCUT2D eigenvalue weighted by Gasteiger charge is 2.02. The van der Waals surface area contributed by atoms with E-state index in [4.69, 9.17) is 0 Å². The number of aromatic nitrogens is 3. The smallest absolute Gasteiger partial charge is 0.123 e. The van der Waals surface area contributed by atoms with Crippen LogP contribution in [0.15, 0.2) is 30.5 Å². The van der Waals surface area contributed by atoms with E-state index in [0.717, 1.165) is 36.8 Å². The Balaban J connectivity index is 1.86. The second-order valence-electron chi connectivity index (χ2n) is 4.45. The Kier molecular flexibility index (Phi) is 4.78. The lowest BCUT2D eigenvalue weighted by Gasteiger charge is -2.00. The molecule has 0 saturated carbocycles. The van der Waals surface area contributed by atoms with Gasteiger partial charge in [0.2, 0.25) is 0 Å². The Labute approximate surface area is 111 Å². The summed E-state index contributed by atoms with van der Waals surface area (Å²) in [5.41, 5.74) is 1.91. The highest BCUT2D eigenvalue weighted by Crippen LogP contribution is 2.06. The molecular weight excluding hydrogens is 245 g/mol. The average molecular weight is 261 g/mol. The molecule has 0 fully saturated rings. The van der Waals surface area contributed by atoms with Gasteiger partial charge < -0.3 is 4.79 Å². The van der Waals surface area contributed by atoms with Crippen molar-refractivity contribution < 1.29 is 9.18 Å². The van der Waals surface area contributed by atoms with E-state index < -0.39 is 0 Å². The summed E-state index contributed by atoms with van der Waals surface area (Å²) < 4.78 is 14.5. The van der Waals surface area contributed by atoms with Crippen molar-refractivity contribution in [2.75, 3.05) is 0 Å². The summed E-state index contributed by atoms with van der Waals surface area (Å²) in [6.45, 7) is 0.585. The molecule has 1 aromatic heterocycles. The summed E-state index contributed by atoms with van der Waals surface area (Å²) in [4.78, 5) is 10.2. The maximum Gasteiger partial charge on any atom is 0.123 e. The first kappa shape index (κ1) is 13.4. The van der Waals surface area contributed by atoms with Crippen molar-refractivity contribution in [1.29, 1.82) is 0 Å². The zero-order chi connectivity index (χ0) is 13.5. The third-order valence-corrected chi connectivity index (χ3v) is 2.85. The number of nitrogens with zero attached hydrogens (tertiary/aromatic N) is 3. The molecule has 0 atom stereocenters. The summed E-state index contributed by atoms with van der Waals surface area (Å²) in [6, 6.07) is 6.35. The first-order chi connectivity index (χ1) is 9.28. The second kappa shape index (κ2) is 6.78. The quantitative estimate of drug-likeness (QED) is 0.568. The molecule has 1 aromatic carbocycles. The van der Waals surface area contributed by atoms with Gasteiger partial charge >= 0.3 is 0 Å². The van der Waals surface area contributed by atoms with Crippen LogP contribution in [0.2, 0.25) is 0 Å². The number of carbonyl (C=O) groups is 1. The molecule has 1 heterocycles. The van der Waals surface area contributed by atoms with Crippen molar-refractivity contribution in [3.05, 3.63) is 47.5 Å². The van der Waals surface area contributed by atoms with Gasteiger partial charge in [-0.25, -0.2) is 9.07 Å². The number of aryl methyl sites for hydroxylation is 1. The molecule has 4 nitrogen and oxygen atoms in total. The number of carbonyl (C=O) groups excluding carboxylic acids is 1. The predicted octanol–water partition coefficient (Wildman–Crippen LogP) is 2.38. The number of rotatable bonds is 7. The third kappa shape index (κ3) is 4.28. The van der Waals surface area contributed by atoms with Gasteiger partial charge in [0.1, 0.15) is 12.1 Å². The Bertz CT molecular complexity index is 522. The van der Waals surface area contributed by atoms with Gasteiger partial charge in [0.25, 0.3) is 0 Å². The molecule has 0 spiro atoms. The van der Waals surface area contributed by atoms with E-state index in [1.807, 2.05) is 6.20 Å². The fraction of sp³-hybridized carbons (Fsp3) is 0.357. The molecule has 0 aliphatic rings. The fourth-order valence-corrected chi connectivity index (χ4v) is 1.84. The molecule has 100 valence electrons. The van der Waals surface area contributed by atoms with Crippen LogP contribution in [-0.2, 0) is 17.8 Å². The normalized spacial score (nSPS) is 10.6. The lowest BCUT2D eigenvalue weighted by molar-refractivity contribution is -0.107. The van der Waals surface area contributed by atoms with Crippen molar-refractivity contribution in [3.8, 4) is 0 Å². The van der Waals surface area contributed by atoms with Gasteiger partial charge in [-0.1, -0.05) is 17.3 Å². The first-order valence-electron chi connectivity index (χ1n) is 6.35. The third-order valence-electron chi connectivity index (χ3n) is 2.85. The molecule has 0 radical (unpaired) electrons. The van der Waals surface area contributed by atoms with Crippen LogP contribution in [0.1, 0.15) is 30.5 Å².